The molecular weight excluding hydrogens is 408 g/mol. The zero-order chi connectivity index (χ0) is 23.5. The lowest BCUT2D eigenvalue weighted by Gasteiger charge is -2.30. The largest absolute Gasteiger partial charge is 0.494 e. The van der Waals surface area contributed by atoms with Crippen LogP contribution in [0.1, 0.15) is 122 Å². The number of unbranched alkanes of at least 4 members (excludes halogenated alkanes) is 6. The summed E-state index contributed by atoms with van der Waals surface area (Å²) in [6.07, 6.45) is 16.6. The number of benzene rings is 1. The normalized spacial score (nSPS) is 25.7. The lowest BCUT2D eigenvalue weighted by molar-refractivity contribution is -0.135. The molecule has 0 spiro atoms. The van der Waals surface area contributed by atoms with Gasteiger partial charge in [-0.15, -0.1) is 0 Å². The van der Waals surface area contributed by atoms with Crippen molar-refractivity contribution in [2.24, 2.45) is 17.8 Å². The molecule has 1 aromatic rings. The number of hydrogen-bond acceptors (Lipinski definition) is 3. The average Bonchev–Trinajstić information content (AvgIpc) is 2.81. The molecule has 2 saturated carbocycles. The van der Waals surface area contributed by atoms with Gasteiger partial charge in [0.2, 0.25) is 0 Å². The summed E-state index contributed by atoms with van der Waals surface area (Å²) in [6, 6.07) is 8.72. The van der Waals surface area contributed by atoms with Crippen molar-refractivity contribution in [1.82, 2.24) is 0 Å². The topological polar surface area (TPSA) is 43.4 Å². The molecule has 3 heteroatoms. The number of Topliss-reactive ketones (excluding diaryl/α,β-unsaturated/α-hetero) is 2. The van der Waals surface area contributed by atoms with Crippen LogP contribution in [-0.4, -0.2) is 18.2 Å². The van der Waals surface area contributed by atoms with Crippen molar-refractivity contribution in [3.05, 3.63) is 29.8 Å². The summed E-state index contributed by atoms with van der Waals surface area (Å²) in [4.78, 5) is 25.0. The van der Waals surface area contributed by atoms with Crippen molar-refractivity contribution >= 4 is 11.6 Å². The Bertz CT molecular complexity index is 715. The quantitative estimate of drug-likeness (QED) is 0.224. The van der Waals surface area contributed by atoms with E-state index < -0.39 is 0 Å². The molecule has 33 heavy (non-hydrogen) atoms. The van der Waals surface area contributed by atoms with Crippen LogP contribution in [0.5, 0.6) is 5.75 Å². The lowest BCUT2D eigenvalue weighted by Crippen LogP contribution is -2.31. The Balaban J connectivity index is 1.32. The van der Waals surface area contributed by atoms with E-state index in [1.165, 1.54) is 44.1 Å². The number of carbonyl (C=O) groups excluding carboxylic acids is 2. The molecule has 2 atom stereocenters. The molecule has 0 radical (unpaired) electrons. The molecule has 3 rings (SSSR count). The van der Waals surface area contributed by atoms with E-state index in [9.17, 15) is 9.59 Å². The van der Waals surface area contributed by atoms with Crippen molar-refractivity contribution in [3.63, 3.8) is 0 Å². The number of carbonyl (C=O) groups is 2. The van der Waals surface area contributed by atoms with Gasteiger partial charge in [-0.2, -0.15) is 0 Å². The standard InChI is InChI=1S/C30H46O3/c1-3-4-5-6-7-8-9-20-33-27-17-15-26(16-18-27)25-13-11-24(12-14-25)22-30(32)28-19-10-23(2)21-29(28)31/h15-18,23-25,28H,3-14,19-22H2,1-2H3/t23?,24-,25-,28?. The van der Waals surface area contributed by atoms with Crippen LogP contribution < -0.4 is 4.74 Å². The highest BCUT2D eigenvalue weighted by Crippen LogP contribution is 2.38. The highest BCUT2D eigenvalue weighted by atomic mass is 16.5. The number of hydrogen-bond donors (Lipinski definition) is 0. The third-order valence-corrected chi connectivity index (χ3v) is 7.98. The molecule has 2 aliphatic rings. The van der Waals surface area contributed by atoms with E-state index in [2.05, 4.69) is 38.1 Å². The van der Waals surface area contributed by atoms with Crippen LogP contribution in [0, 0.1) is 17.8 Å². The smallest absolute Gasteiger partial charge is 0.143 e. The van der Waals surface area contributed by atoms with Crippen molar-refractivity contribution in [2.75, 3.05) is 6.61 Å². The summed E-state index contributed by atoms with van der Waals surface area (Å²) in [7, 11) is 0. The molecule has 0 aromatic heterocycles. The Labute approximate surface area is 202 Å². The van der Waals surface area contributed by atoms with Gasteiger partial charge < -0.3 is 4.74 Å². The summed E-state index contributed by atoms with van der Waals surface area (Å²) < 4.78 is 5.94. The molecule has 2 aliphatic carbocycles. The van der Waals surface area contributed by atoms with E-state index in [1.54, 1.807) is 0 Å². The molecule has 3 nitrogen and oxygen atoms in total. The van der Waals surface area contributed by atoms with Gasteiger partial charge in [-0.25, -0.2) is 0 Å². The maximum atomic E-state index is 12.7. The average molecular weight is 455 g/mol. The lowest BCUT2D eigenvalue weighted by atomic mass is 9.73. The van der Waals surface area contributed by atoms with Crippen molar-refractivity contribution in [3.8, 4) is 5.75 Å². The van der Waals surface area contributed by atoms with E-state index >= 15 is 0 Å². The third kappa shape index (κ3) is 8.58. The van der Waals surface area contributed by atoms with E-state index in [1.807, 2.05) is 0 Å². The molecule has 0 amide bonds. The Morgan fingerprint density at radius 2 is 1.55 bits per heavy atom. The zero-order valence-corrected chi connectivity index (χ0v) is 21.2. The van der Waals surface area contributed by atoms with E-state index in [0.29, 0.717) is 30.6 Å². The molecule has 2 fully saturated rings. The molecule has 184 valence electrons. The fourth-order valence-corrected chi connectivity index (χ4v) is 5.75. The summed E-state index contributed by atoms with van der Waals surface area (Å²) in [5, 5.41) is 0. The predicted molar refractivity (Wildman–Crippen MR) is 136 cm³/mol. The second-order valence-electron chi connectivity index (χ2n) is 10.8. The van der Waals surface area contributed by atoms with Crippen LogP contribution in [0.3, 0.4) is 0 Å². The minimum atomic E-state index is -0.299. The molecule has 2 unspecified atom stereocenters. The van der Waals surface area contributed by atoms with Crippen LogP contribution in [0.2, 0.25) is 0 Å². The van der Waals surface area contributed by atoms with Gasteiger partial charge in [0.05, 0.1) is 12.5 Å². The molecule has 0 N–H and O–H groups in total. The first-order valence-electron chi connectivity index (χ1n) is 13.8. The van der Waals surface area contributed by atoms with Gasteiger partial charge in [0.1, 0.15) is 17.3 Å². The summed E-state index contributed by atoms with van der Waals surface area (Å²) >= 11 is 0. The van der Waals surface area contributed by atoms with Crippen molar-refractivity contribution in [2.45, 2.75) is 116 Å². The minimum absolute atomic E-state index is 0.196. The van der Waals surface area contributed by atoms with Gasteiger partial charge in [-0.1, -0.05) is 64.5 Å². The first-order valence-corrected chi connectivity index (χ1v) is 13.8. The van der Waals surface area contributed by atoms with E-state index in [0.717, 1.165) is 57.3 Å². The number of ether oxygens (including phenoxy) is 1. The predicted octanol–water partition coefficient (Wildman–Crippen LogP) is 8.05. The minimum Gasteiger partial charge on any atom is -0.494 e. The van der Waals surface area contributed by atoms with Crippen LogP contribution in [-0.2, 0) is 9.59 Å². The Morgan fingerprint density at radius 3 is 2.21 bits per heavy atom. The van der Waals surface area contributed by atoms with Gasteiger partial charge in [-0.3, -0.25) is 9.59 Å². The summed E-state index contributed by atoms with van der Waals surface area (Å²) in [6.45, 7) is 5.19. The Kier molecular flexibility index (Phi) is 11.0. The first-order chi connectivity index (χ1) is 16.1. The van der Waals surface area contributed by atoms with Crippen LogP contribution >= 0.6 is 0 Å². The summed E-state index contributed by atoms with van der Waals surface area (Å²) in [5.41, 5.74) is 1.40. The molecule has 0 saturated heterocycles. The second-order valence-corrected chi connectivity index (χ2v) is 10.8. The number of ketones is 2. The zero-order valence-electron chi connectivity index (χ0n) is 21.2. The fraction of sp³-hybridized carbons (Fsp3) is 0.733. The van der Waals surface area contributed by atoms with Crippen molar-refractivity contribution < 1.29 is 14.3 Å². The van der Waals surface area contributed by atoms with E-state index in [4.69, 9.17) is 4.74 Å². The van der Waals surface area contributed by atoms with Gasteiger partial charge in [0, 0.05) is 12.8 Å². The van der Waals surface area contributed by atoms with Gasteiger partial charge >= 0.3 is 0 Å². The molecular formula is C30H46O3. The highest BCUT2D eigenvalue weighted by Gasteiger charge is 2.33. The van der Waals surface area contributed by atoms with Crippen LogP contribution in [0.4, 0.5) is 0 Å². The maximum absolute atomic E-state index is 12.7. The Morgan fingerprint density at radius 1 is 0.879 bits per heavy atom. The Hall–Kier alpha value is -1.64. The van der Waals surface area contributed by atoms with Crippen LogP contribution in [0.25, 0.3) is 0 Å². The number of rotatable bonds is 13. The molecule has 1 aromatic carbocycles. The highest BCUT2D eigenvalue weighted by molar-refractivity contribution is 6.02. The molecule has 0 heterocycles. The first kappa shape index (κ1) is 26.0. The van der Waals surface area contributed by atoms with Gasteiger partial charge in [0.15, 0.2) is 0 Å². The van der Waals surface area contributed by atoms with Gasteiger partial charge in [-0.05, 0) is 80.4 Å². The fourth-order valence-electron chi connectivity index (χ4n) is 5.75. The van der Waals surface area contributed by atoms with Gasteiger partial charge in [0.25, 0.3) is 0 Å². The monoisotopic (exact) mass is 454 g/mol. The molecule has 0 aliphatic heterocycles. The maximum Gasteiger partial charge on any atom is 0.143 e. The SMILES string of the molecule is CCCCCCCCCOc1ccc([C@H]2CC[C@H](CC(=O)C3CCC(C)CC3=O)CC2)cc1. The second kappa shape index (κ2) is 13.9. The van der Waals surface area contributed by atoms with E-state index in [-0.39, 0.29) is 17.5 Å². The summed E-state index contributed by atoms with van der Waals surface area (Å²) in [5.74, 6) is 2.60. The van der Waals surface area contributed by atoms with Crippen LogP contribution in [0.15, 0.2) is 24.3 Å². The third-order valence-electron chi connectivity index (χ3n) is 7.98. The van der Waals surface area contributed by atoms with Crippen molar-refractivity contribution in [1.29, 1.82) is 0 Å². The molecule has 0 bridgehead atoms.